The van der Waals surface area contributed by atoms with E-state index in [0.29, 0.717) is 10.4 Å². The van der Waals surface area contributed by atoms with Crippen molar-refractivity contribution >= 4 is 27.9 Å². The monoisotopic (exact) mass is 467 g/mol. The highest BCUT2D eigenvalue weighted by Gasteiger charge is 2.22. The molecule has 0 saturated heterocycles. The third kappa shape index (κ3) is 10.9. The van der Waals surface area contributed by atoms with Gasteiger partial charge in [0.05, 0.1) is 13.7 Å². The quantitative estimate of drug-likeness (QED) is 0.546. The largest absolute Gasteiger partial charge is 0.468 e. The van der Waals surface area contributed by atoms with Gasteiger partial charge in [0.15, 0.2) is 4.67 Å². The summed E-state index contributed by atoms with van der Waals surface area (Å²) in [5, 5.41) is 2.84. The Hall–Kier alpha value is -2.12. The number of carbonyl (C=O) groups excluding carboxylic acids is 2. The van der Waals surface area contributed by atoms with Crippen LogP contribution in [0.4, 0.5) is 0 Å². The molecule has 0 radical (unpaired) electrons. The van der Waals surface area contributed by atoms with Crippen molar-refractivity contribution in [1.29, 1.82) is 0 Å². The summed E-state index contributed by atoms with van der Waals surface area (Å²) in [6, 6.07) is 12.2. The van der Waals surface area contributed by atoms with Crippen molar-refractivity contribution in [3.8, 4) is 0 Å². The Morgan fingerprint density at radius 3 is 2.31 bits per heavy atom. The number of esters is 2. The molecule has 6 nitrogen and oxygen atoms in total. The molecule has 0 spiro atoms. The first-order valence-electron chi connectivity index (χ1n) is 9.60. The number of halogens is 1. The molecule has 1 aromatic heterocycles. The van der Waals surface area contributed by atoms with Gasteiger partial charge in [0.25, 0.3) is 0 Å². The predicted octanol–water partition coefficient (Wildman–Crippen LogP) is 4.51. The predicted molar refractivity (Wildman–Crippen MR) is 115 cm³/mol. The van der Waals surface area contributed by atoms with Gasteiger partial charge in [0.2, 0.25) is 0 Å². The smallest absolute Gasteiger partial charge is 0.323 e. The van der Waals surface area contributed by atoms with Gasteiger partial charge in [-0.3, -0.25) is 14.9 Å². The van der Waals surface area contributed by atoms with Gasteiger partial charge in [0.1, 0.15) is 18.4 Å². The average Bonchev–Trinajstić information content (AvgIpc) is 3.14. The number of ether oxygens (including phenoxy) is 2. The fourth-order valence-corrected chi connectivity index (χ4v) is 2.38. The standard InChI is InChI=1S/C17H18BrNO5.C5H12/c1-22-17(21)14(9-13-7-8-15(18)24-13)19-10-16(20)23-11-12-5-3-2-4-6-12;1-4-5(2)3/h2-8,14,19H,9-11H2,1H3;5H,4H2,1-3H3/t14-;/m0./s1. The SMILES string of the molecule is CCC(C)C.COC(=O)[C@H](Cc1ccc(Br)o1)NCC(=O)OCc1ccccc1. The second-order valence-corrected chi connectivity index (χ2v) is 7.60. The molecule has 0 bridgehead atoms. The van der Waals surface area contributed by atoms with E-state index in [1.807, 2.05) is 30.3 Å². The molecule has 1 atom stereocenters. The highest BCUT2D eigenvalue weighted by atomic mass is 79.9. The van der Waals surface area contributed by atoms with Crippen LogP contribution in [-0.2, 0) is 32.1 Å². The molecule has 0 aliphatic rings. The zero-order chi connectivity index (χ0) is 21.6. The highest BCUT2D eigenvalue weighted by Crippen LogP contribution is 2.15. The van der Waals surface area contributed by atoms with Crippen LogP contribution in [0.25, 0.3) is 0 Å². The second-order valence-electron chi connectivity index (χ2n) is 6.81. The zero-order valence-corrected chi connectivity index (χ0v) is 19.0. The first-order valence-corrected chi connectivity index (χ1v) is 10.4. The fourth-order valence-electron chi connectivity index (χ4n) is 2.04. The van der Waals surface area contributed by atoms with E-state index in [4.69, 9.17) is 13.9 Å². The number of carbonyl (C=O) groups is 2. The van der Waals surface area contributed by atoms with Crippen molar-refractivity contribution in [2.24, 2.45) is 5.92 Å². The molecule has 2 rings (SSSR count). The molecule has 7 heteroatoms. The van der Waals surface area contributed by atoms with Crippen LogP contribution in [0.5, 0.6) is 0 Å². The van der Waals surface area contributed by atoms with Crippen LogP contribution in [0.1, 0.15) is 38.5 Å². The molecule has 0 saturated carbocycles. The molecular formula is C22H30BrNO5. The van der Waals surface area contributed by atoms with Crippen LogP contribution in [0, 0.1) is 5.92 Å². The van der Waals surface area contributed by atoms with Gasteiger partial charge in [-0.2, -0.15) is 0 Å². The molecule has 0 fully saturated rings. The van der Waals surface area contributed by atoms with E-state index in [1.165, 1.54) is 13.5 Å². The van der Waals surface area contributed by atoms with Gasteiger partial charge >= 0.3 is 11.9 Å². The van der Waals surface area contributed by atoms with Crippen molar-refractivity contribution < 1.29 is 23.5 Å². The Morgan fingerprint density at radius 1 is 1.14 bits per heavy atom. The van der Waals surface area contributed by atoms with Crippen LogP contribution in [0.2, 0.25) is 0 Å². The third-order valence-corrected chi connectivity index (χ3v) is 4.50. The number of methoxy groups -OCH3 is 1. The van der Waals surface area contributed by atoms with Gasteiger partial charge in [-0.25, -0.2) is 0 Å². The molecule has 1 aromatic carbocycles. The summed E-state index contributed by atoms with van der Waals surface area (Å²) in [7, 11) is 1.29. The summed E-state index contributed by atoms with van der Waals surface area (Å²) in [4.78, 5) is 23.6. The Morgan fingerprint density at radius 2 is 1.79 bits per heavy atom. The van der Waals surface area contributed by atoms with Gasteiger partial charge in [0, 0.05) is 6.42 Å². The van der Waals surface area contributed by atoms with Crippen molar-refractivity contribution in [3.63, 3.8) is 0 Å². The number of nitrogens with one attached hydrogen (secondary N) is 1. The summed E-state index contributed by atoms with van der Waals surface area (Å²) < 4.78 is 15.9. The maximum absolute atomic E-state index is 11.8. The minimum absolute atomic E-state index is 0.103. The molecule has 1 heterocycles. The van der Waals surface area contributed by atoms with Crippen LogP contribution in [0.3, 0.4) is 0 Å². The minimum atomic E-state index is -0.697. The van der Waals surface area contributed by atoms with E-state index in [2.05, 4.69) is 42.0 Å². The van der Waals surface area contributed by atoms with Crippen LogP contribution < -0.4 is 5.32 Å². The Kier molecular flexibility index (Phi) is 12.0. The van der Waals surface area contributed by atoms with E-state index in [9.17, 15) is 9.59 Å². The minimum Gasteiger partial charge on any atom is -0.468 e. The Bertz CT molecular complexity index is 730. The molecule has 29 heavy (non-hydrogen) atoms. The van der Waals surface area contributed by atoms with Crippen LogP contribution in [-0.4, -0.2) is 31.6 Å². The molecular weight excluding hydrogens is 438 g/mol. The summed E-state index contributed by atoms with van der Waals surface area (Å²) in [5.74, 6) is 0.559. The Labute approximate surface area is 181 Å². The average molecular weight is 468 g/mol. The van der Waals surface area contributed by atoms with E-state index in [0.717, 1.165) is 11.5 Å². The lowest BCUT2D eigenvalue weighted by molar-refractivity contribution is -0.145. The first kappa shape index (κ1) is 24.9. The van der Waals surface area contributed by atoms with Crippen molar-refractivity contribution in [3.05, 3.63) is 58.5 Å². The maximum Gasteiger partial charge on any atom is 0.323 e. The molecule has 0 aliphatic heterocycles. The van der Waals surface area contributed by atoms with E-state index < -0.39 is 18.0 Å². The second kappa shape index (κ2) is 14.0. The van der Waals surface area contributed by atoms with E-state index in [-0.39, 0.29) is 19.6 Å². The lowest BCUT2D eigenvalue weighted by atomic mass is 10.1. The first-order chi connectivity index (χ1) is 13.8. The lowest BCUT2D eigenvalue weighted by Gasteiger charge is -2.15. The summed E-state index contributed by atoms with van der Waals surface area (Å²) in [6.45, 7) is 6.73. The molecule has 0 amide bonds. The van der Waals surface area contributed by atoms with Crippen molar-refractivity contribution in [2.75, 3.05) is 13.7 Å². The fraction of sp³-hybridized carbons (Fsp3) is 0.455. The topological polar surface area (TPSA) is 77.8 Å². The number of hydrogen-bond donors (Lipinski definition) is 1. The van der Waals surface area contributed by atoms with Gasteiger partial charge in [-0.15, -0.1) is 0 Å². The van der Waals surface area contributed by atoms with Crippen LogP contribution >= 0.6 is 15.9 Å². The number of benzene rings is 1. The molecule has 0 aliphatic carbocycles. The zero-order valence-electron chi connectivity index (χ0n) is 17.4. The van der Waals surface area contributed by atoms with Gasteiger partial charge in [-0.05, 0) is 39.5 Å². The number of furan rings is 1. The number of rotatable bonds is 9. The molecule has 0 unspecified atom stereocenters. The lowest BCUT2D eigenvalue weighted by Crippen LogP contribution is -2.42. The van der Waals surface area contributed by atoms with E-state index >= 15 is 0 Å². The van der Waals surface area contributed by atoms with E-state index in [1.54, 1.807) is 12.1 Å². The Balaban J connectivity index is 0.000000749. The molecule has 160 valence electrons. The normalized spacial score (nSPS) is 11.4. The molecule has 2 aromatic rings. The summed E-state index contributed by atoms with van der Waals surface area (Å²) in [5.41, 5.74) is 0.899. The van der Waals surface area contributed by atoms with Crippen molar-refractivity contribution in [1.82, 2.24) is 5.32 Å². The summed E-state index contributed by atoms with van der Waals surface area (Å²) in [6.07, 6.45) is 1.57. The van der Waals surface area contributed by atoms with Gasteiger partial charge < -0.3 is 13.9 Å². The molecule has 1 N–H and O–H groups in total. The highest BCUT2D eigenvalue weighted by molar-refractivity contribution is 9.10. The number of hydrogen-bond acceptors (Lipinski definition) is 6. The maximum atomic E-state index is 11.8. The summed E-state index contributed by atoms with van der Waals surface area (Å²) >= 11 is 3.20. The van der Waals surface area contributed by atoms with Gasteiger partial charge in [-0.1, -0.05) is 57.5 Å². The van der Waals surface area contributed by atoms with Crippen molar-refractivity contribution in [2.45, 2.75) is 46.3 Å². The third-order valence-electron chi connectivity index (χ3n) is 4.07. The van der Waals surface area contributed by atoms with Crippen LogP contribution in [0.15, 0.2) is 51.6 Å².